The first kappa shape index (κ1) is 14.4. The van der Waals surface area contributed by atoms with E-state index in [9.17, 15) is 4.39 Å². The topological polar surface area (TPSA) is 21.3 Å². The first-order valence-corrected chi connectivity index (χ1v) is 7.74. The zero-order valence-corrected chi connectivity index (χ0v) is 13.6. The van der Waals surface area contributed by atoms with Crippen LogP contribution in [0.15, 0.2) is 46.9 Å². The number of para-hydroxylation sites is 2. The monoisotopic (exact) mass is 349 g/mol. The van der Waals surface area contributed by atoms with Gasteiger partial charge in [-0.15, -0.1) is 0 Å². The molecule has 2 aromatic carbocycles. The zero-order valence-electron chi connectivity index (χ0n) is 12.0. The maximum Gasteiger partial charge on any atom is 0.147 e. The van der Waals surface area contributed by atoms with Gasteiger partial charge in [-0.2, -0.15) is 0 Å². The van der Waals surface area contributed by atoms with Crippen LogP contribution in [0.4, 0.5) is 10.1 Å². The van der Waals surface area contributed by atoms with Gasteiger partial charge in [-0.25, -0.2) is 4.39 Å². The van der Waals surface area contributed by atoms with Gasteiger partial charge in [0, 0.05) is 16.5 Å². The fourth-order valence-electron chi connectivity index (χ4n) is 2.74. The van der Waals surface area contributed by atoms with Gasteiger partial charge in [0.15, 0.2) is 0 Å². The molecule has 1 N–H and O–H groups in total. The van der Waals surface area contributed by atoms with Crippen molar-refractivity contribution in [2.45, 2.75) is 31.9 Å². The molecule has 1 aliphatic rings. The Morgan fingerprint density at radius 3 is 2.71 bits per heavy atom. The lowest BCUT2D eigenvalue weighted by Gasteiger charge is -2.38. The van der Waals surface area contributed by atoms with Crippen LogP contribution in [0.25, 0.3) is 0 Å². The van der Waals surface area contributed by atoms with Crippen molar-refractivity contribution in [3.05, 3.63) is 58.3 Å². The summed E-state index contributed by atoms with van der Waals surface area (Å²) in [5.74, 6) is 0.602. The minimum absolute atomic E-state index is 0.0122. The molecular formula is C17H17BrFNO. The number of rotatable bonds is 2. The first-order valence-electron chi connectivity index (χ1n) is 6.95. The number of halogens is 2. The Labute approximate surface area is 132 Å². The van der Waals surface area contributed by atoms with Gasteiger partial charge in [-0.1, -0.05) is 24.3 Å². The molecule has 0 amide bonds. The molecule has 1 atom stereocenters. The molecule has 0 radical (unpaired) electrons. The van der Waals surface area contributed by atoms with Crippen molar-refractivity contribution in [2.24, 2.45) is 0 Å². The van der Waals surface area contributed by atoms with Crippen LogP contribution in [-0.4, -0.2) is 5.60 Å². The van der Waals surface area contributed by atoms with E-state index in [2.05, 4.69) is 21.2 Å². The third-order valence-corrected chi connectivity index (χ3v) is 4.32. The second-order valence-electron chi connectivity index (χ2n) is 5.90. The fraction of sp³-hybridized carbons (Fsp3) is 0.294. The number of anilines is 1. The minimum Gasteiger partial charge on any atom is -0.487 e. The molecule has 3 rings (SSSR count). The lowest BCUT2D eigenvalue weighted by Crippen LogP contribution is -2.37. The van der Waals surface area contributed by atoms with Crippen molar-refractivity contribution in [3.63, 3.8) is 0 Å². The van der Waals surface area contributed by atoms with Crippen LogP contribution in [0.3, 0.4) is 0 Å². The summed E-state index contributed by atoms with van der Waals surface area (Å²) in [6, 6.07) is 12.9. The van der Waals surface area contributed by atoms with E-state index in [4.69, 9.17) is 4.74 Å². The molecule has 0 aliphatic carbocycles. The molecule has 0 aromatic heterocycles. The van der Waals surface area contributed by atoms with Gasteiger partial charge in [0.2, 0.25) is 0 Å². The molecule has 0 saturated heterocycles. The van der Waals surface area contributed by atoms with E-state index in [0.717, 1.165) is 22.2 Å². The van der Waals surface area contributed by atoms with Crippen molar-refractivity contribution in [2.75, 3.05) is 5.32 Å². The molecule has 21 heavy (non-hydrogen) atoms. The molecule has 1 heterocycles. The van der Waals surface area contributed by atoms with Crippen molar-refractivity contribution >= 4 is 21.6 Å². The minimum atomic E-state index is -0.288. The van der Waals surface area contributed by atoms with Gasteiger partial charge in [0.1, 0.15) is 17.2 Å². The van der Waals surface area contributed by atoms with Crippen LogP contribution in [0.1, 0.15) is 31.9 Å². The van der Waals surface area contributed by atoms with E-state index in [1.165, 1.54) is 6.07 Å². The Morgan fingerprint density at radius 1 is 1.19 bits per heavy atom. The van der Waals surface area contributed by atoms with Crippen LogP contribution < -0.4 is 10.1 Å². The molecule has 0 bridgehead atoms. The van der Waals surface area contributed by atoms with E-state index in [1.807, 2.05) is 44.2 Å². The second kappa shape index (κ2) is 5.34. The fourth-order valence-corrected chi connectivity index (χ4v) is 3.20. The Balaban J connectivity index is 1.99. The Morgan fingerprint density at radius 2 is 1.95 bits per heavy atom. The van der Waals surface area contributed by atoms with Crippen LogP contribution in [0.5, 0.6) is 5.75 Å². The molecule has 4 heteroatoms. The molecule has 0 saturated carbocycles. The van der Waals surface area contributed by atoms with Crippen LogP contribution in [0.2, 0.25) is 0 Å². The van der Waals surface area contributed by atoms with Crippen LogP contribution in [0, 0.1) is 5.82 Å². The smallest absolute Gasteiger partial charge is 0.147 e. The number of benzene rings is 2. The highest BCUT2D eigenvalue weighted by Gasteiger charge is 2.34. The average molecular weight is 350 g/mol. The Hall–Kier alpha value is -1.55. The molecule has 1 unspecified atom stereocenters. The molecule has 2 nitrogen and oxygen atoms in total. The van der Waals surface area contributed by atoms with Gasteiger partial charge in [-0.05, 0) is 48.0 Å². The van der Waals surface area contributed by atoms with Gasteiger partial charge >= 0.3 is 0 Å². The molecule has 110 valence electrons. The van der Waals surface area contributed by atoms with Crippen LogP contribution in [-0.2, 0) is 0 Å². The normalized spacial score (nSPS) is 19.5. The van der Waals surface area contributed by atoms with E-state index in [0.29, 0.717) is 5.69 Å². The third kappa shape index (κ3) is 2.91. The maximum absolute atomic E-state index is 14.1. The summed E-state index contributed by atoms with van der Waals surface area (Å²) in [6.07, 6.45) is 0.769. The Kier molecular flexibility index (Phi) is 3.66. The van der Waals surface area contributed by atoms with Gasteiger partial charge in [0.25, 0.3) is 0 Å². The van der Waals surface area contributed by atoms with Gasteiger partial charge < -0.3 is 10.1 Å². The lowest BCUT2D eigenvalue weighted by molar-refractivity contribution is 0.0758. The summed E-state index contributed by atoms with van der Waals surface area (Å²) in [5.41, 5.74) is 1.27. The Bertz CT molecular complexity index is 651. The largest absolute Gasteiger partial charge is 0.487 e. The van der Waals surface area contributed by atoms with Gasteiger partial charge in [-0.3, -0.25) is 0 Å². The molecule has 0 fully saturated rings. The predicted octanol–water partition coefficient (Wildman–Crippen LogP) is 5.30. The highest BCUT2D eigenvalue weighted by molar-refractivity contribution is 9.10. The van der Waals surface area contributed by atoms with Crippen molar-refractivity contribution in [1.29, 1.82) is 0 Å². The van der Waals surface area contributed by atoms with Crippen molar-refractivity contribution in [1.82, 2.24) is 0 Å². The van der Waals surface area contributed by atoms with Crippen molar-refractivity contribution < 1.29 is 9.13 Å². The summed E-state index contributed by atoms with van der Waals surface area (Å²) >= 11 is 3.41. The third-order valence-electron chi connectivity index (χ3n) is 3.66. The van der Waals surface area contributed by atoms with Crippen LogP contribution >= 0.6 is 15.9 Å². The average Bonchev–Trinajstić information content (AvgIpc) is 2.41. The summed E-state index contributed by atoms with van der Waals surface area (Å²) in [5, 5.41) is 3.33. The molecule has 2 aromatic rings. The summed E-state index contributed by atoms with van der Waals surface area (Å²) in [6.45, 7) is 4.10. The lowest BCUT2D eigenvalue weighted by atomic mass is 9.89. The van der Waals surface area contributed by atoms with Crippen molar-refractivity contribution in [3.8, 4) is 5.75 Å². The number of fused-ring (bicyclic) bond motifs is 1. The predicted molar refractivity (Wildman–Crippen MR) is 86.2 cm³/mol. The number of nitrogens with one attached hydrogen (secondary N) is 1. The highest BCUT2D eigenvalue weighted by atomic mass is 79.9. The van der Waals surface area contributed by atoms with E-state index in [1.54, 1.807) is 6.07 Å². The van der Waals surface area contributed by atoms with E-state index >= 15 is 0 Å². The molecular weight excluding hydrogens is 333 g/mol. The summed E-state index contributed by atoms with van der Waals surface area (Å²) in [7, 11) is 0. The maximum atomic E-state index is 14.1. The molecule has 0 spiro atoms. The number of hydrogen-bond donors (Lipinski definition) is 1. The quantitative estimate of drug-likeness (QED) is 0.793. The standard InChI is InChI=1S/C17H17BrFNO/c1-17(2)10-14(11-6-3-4-9-15(11)21-17)20-16-12(18)7-5-8-13(16)19/h3-9,14,20H,10H2,1-2H3. The highest BCUT2D eigenvalue weighted by Crippen LogP contribution is 2.42. The number of hydrogen-bond acceptors (Lipinski definition) is 2. The number of ether oxygens (including phenoxy) is 1. The SMILES string of the molecule is CC1(C)CC(Nc2c(F)cccc2Br)c2ccccc2O1. The van der Waals surface area contributed by atoms with Gasteiger partial charge in [0.05, 0.1) is 11.7 Å². The summed E-state index contributed by atoms with van der Waals surface area (Å²) in [4.78, 5) is 0. The zero-order chi connectivity index (χ0) is 15.0. The van der Waals surface area contributed by atoms with E-state index < -0.39 is 0 Å². The summed E-state index contributed by atoms with van der Waals surface area (Å²) < 4.78 is 20.8. The second-order valence-corrected chi connectivity index (χ2v) is 6.75. The molecule has 1 aliphatic heterocycles. The first-order chi connectivity index (χ1) is 9.96. The van der Waals surface area contributed by atoms with E-state index in [-0.39, 0.29) is 17.5 Å².